The minimum absolute atomic E-state index is 0.212. The average molecular weight is 240 g/mol. The first-order valence-electron chi connectivity index (χ1n) is 7.16. The third kappa shape index (κ3) is 5.53. The van der Waals surface area contributed by atoms with Crippen molar-refractivity contribution in [2.24, 2.45) is 5.92 Å². The summed E-state index contributed by atoms with van der Waals surface area (Å²) < 4.78 is 0. The molecule has 1 aliphatic carbocycles. The van der Waals surface area contributed by atoms with Gasteiger partial charge in [-0.25, -0.2) is 0 Å². The van der Waals surface area contributed by atoms with Gasteiger partial charge in [0.1, 0.15) is 0 Å². The van der Waals surface area contributed by atoms with Crippen LogP contribution in [-0.2, 0) is 4.79 Å². The second-order valence-electron chi connectivity index (χ2n) is 5.49. The molecule has 100 valence electrons. The van der Waals surface area contributed by atoms with E-state index in [2.05, 4.69) is 31.4 Å². The SMILES string of the molecule is CCC1CCCCC1NC(=O)CCNC(C)C. The molecule has 0 bridgehead atoms. The highest BCUT2D eigenvalue weighted by atomic mass is 16.1. The minimum Gasteiger partial charge on any atom is -0.353 e. The molecule has 3 nitrogen and oxygen atoms in total. The van der Waals surface area contributed by atoms with Crippen LogP contribution in [0.3, 0.4) is 0 Å². The topological polar surface area (TPSA) is 41.1 Å². The van der Waals surface area contributed by atoms with E-state index in [1.165, 1.54) is 32.1 Å². The molecule has 1 fully saturated rings. The largest absolute Gasteiger partial charge is 0.353 e. The molecule has 1 amide bonds. The lowest BCUT2D eigenvalue weighted by molar-refractivity contribution is -0.122. The highest BCUT2D eigenvalue weighted by Crippen LogP contribution is 2.26. The van der Waals surface area contributed by atoms with E-state index in [1.54, 1.807) is 0 Å². The summed E-state index contributed by atoms with van der Waals surface area (Å²) in [6.07, 6.45) is 6.85. The van der Waals surface area contributed by atoms with Gasteiger partial charge in [0.05, 0.1) is 0 Å². The predicted molar refractivity (Wildman–Crippen MR) is 71.9 cm³/mol. The highest BCUT2D eigenvalue weighted by molar-refractivity contribution is 5.76. The molecule has 3 heteroatoms. The van der Waals surface area contributed by atoms with Crippen LogP contribution in [0.1, 0.15) is 59.3 Å². The second-order valence-corrected chi connectivity index (χ2v) is 5.49. The van der Waals surface area contributed by atoms with E-state index in [0.717, 1.165) is 6.54 Å². The van der Waals surface area contributed by atoms with E-state index >= 15 is 0 Å². The van der Waals surface area contributed by atoms with Crippen LogP contribution in [0, 0.1) is 5.92 Å². The number of carbonyl (C=O) groups is 1. The van der Waals surface area contributed by atoms with Gasteiger partial charge in [0, 0.05) is 25.0 Å². The Labute approximate surface area is 106 Å². The predicted octanol–water partition coefficient (Wildman–Crippen LogP) is 2.46. The van der Waals surface area contributed by atoms with E-state index < -0.39 is 0 Å². The average Bonchev–Trinajstić information content (AvgIpc) is 2.29. The molecule has 1 saturated carbocycles. The third-order valence-electron chi connectivity index (χ3n) is 3.68. The molecular weight excluding hydrogens is 212 g/mol. The summed E-state index contributed by atoms with van der Waals surface area (Å²) in [4.78, 5) is 11.8. The van der Waals surface area contributed by atoms with E-state index in [9.17, 15) is 4.79 Å². The summed E-state index contributed by atoms with van der Waals surface area (Å²) in [5, 5.41) is 6.49. The van der Waals surface area contributed by atoms with Crippen LogP contribution in [0.2, 0.25) is 0 Å². The van der Waals surface area contributed by atoms with Crippen molar-refractivity contribution >= 4 is 5.91 Å². The number of carbonyl (C=O) groups excluding carboxylic acids is 1. The summed E-state index contributed by atoms with van der Waals surface area (Å²) >= 11 is 0. The fraction of sp³-hybridized carbons (Fsp3) is 0.929. The standard InChI is InChI=1S/C14H28N2O/c1-4-12-7-5-6-8-13(12)16-14(17)9-10-15-11(2)3/h11-13,15H,4-10H2,1-3H3,(H,16,17). The molecule has 2 atom stereocenters. The third-order valence-corrected chi connectivity index (χ3v) is 3.68. The molecule has 0 aromatic rings. The molecule has 2 N–H and O–H groups in total. The van der Waals surface area contributed by atoms with Crippen LogP contribution in [0.4, 0.5) is 0 Å². The van der Waals surface area contributed by atoms with Crippen LogP contribution in [0.25, 0.3) is 0 Å². The minimum atomic E-state index is 0.212. The normalized spacial score (nSPS) is 24.9. The zero-order valence-corrected chi connectivity index (χ0v) is 11.6. The molecule has 0 aromatic carbocycles. The van der Waals surface area contributed by atoms with Crippen LogP contribution >= 0.6 is 0 Å². The van der Waals surface area contributed by atoms with Gasteiger partial charge in [0.15, 0.2) is 0 Å². The van der Waals surface area contributed by atoms with Gasteiger partial charge in [-0.05, 0) is 18.8 Å². The van der Waals surface area contributed by atoms with Crippen LogP contribution in [0.15, 0.2) is 0 Å². The summed E-state index contributed by atoms with van der Waals surface area (Å²) in [5.41, 5.74) is 0. The van der Waals surface area contributed by atoms with Gasteiger partial charge >= 0.3 is 0 Å². The van der Waals surface area contributed by atoms with Gasteiger partial charge in [0.2, 0.25) is 5.91 Å². The Balaban J connectivity index is 2.24. The smallest absolute Gasteiger partial charge is 0.221 e. The first kappa shape index (κ1) is 14.5. The monoisotopic (exact) mass is 240 g/mol. The van der Waals surface area contributed by atoms with E-state index in [-0.39, 0.29) is 5.91 Å². The molecule has 0 saturated heterocycles. The van der Waals surface area contributed by atoms with Crippen molar-refractivity contribution in [3.8, 4) is 0 Å². The maximum Gasteiger partial charge on any atom is 0.221 e. The van der Waals surface area contributed by atoms with Gasteiger partial charge < -0.3 is 10.6 Å². The Morgan fingerprint density at radius 3 is 2.65 bits per heavy atom. The second kappa shape index (κ2) is 7.70. The van der Waals surface area contributed by atoms with Crippen molar-refractivity contribution in [2.45, 2.75) is 71.4 Å². The van der Waals surface area contributed by atoms with Crippen molar-refractivity contribution < 1.29 is 4.79 Å². The Morgan fingerprint density at radius 1 is 1.29 bits per heavy atom. The lowest BCUT2D eigenvalue weighted by atomic mass is 9.83. The van der Waals surface area contributed by atoms with Crippen molar-refractivity contribution in [2.75, 3.05) is 6.54 Å². The summed E-state index contributed by atoms with van der Waals surface area (Å²) in [6, 6.07) is 0.890. The van der Waals surface area contributed by atoms with Crippen LogP contribution in [0.5, 0.6) is 0 Å². The summed E-state index contributed by atoms with van der Waals surface area (Å²) in [5.74, 6) is 0.911. The quantitative estimate of drug-likeness (QED) is 0.749. The van der Waals surface area contributed by atoms with Gasteiger partial charge in [-0.1, -0.05) is 40.0 Å². The molecule has 1 aliphatic rings. The molecule has 0 heterocycles. The van der Waals surface area contributed by atoms with Crippen molar-refractivity contribution in [1.29, 1.82) is 0 Å². The zero-order valence-electron chi connectivity index (χ0n) is 11.6. The fourth-order valence-corrected chi connectivity index (χ4v) is 2.64. The molecule has 0 spiro atoms. The summed E-state index contributed by atoms with van der Waals surface area (Å²) in [6.45, 7) is 7.22. The Kier molecular flexibility index (Phi) is 6.56. The molecular formula is C14H28N2O. The van der Waals surface area contributed by atoms with E-state index in [4.69, 9.17) is 0 Å². The fourth-order valence-electron chi connectivity index (χ4n) is 2.64. The summed E-state index contributed by atoms with van der Waals surface area (Å²) in [7, 11) is 0. The van der Waals surface area contributed by atoms with Gasteiger partial charge in [-0.3, -0.25) is 4.79 Å². The number of nitrogens with one attached hydrogen (secondary N) is 2. The number of hydrogen-bond donors (Lipinski definition) is 2. The first-order chi connectivity index (χ1) is 8.13. The Hall–Kier alpha value is -0.570. The molecule has 17 heavy (non-hydrogen) atoms. The van der Waals surface area contributed by atoms with Crippen molar-refractivity contribution in [3.05, 3.63) is 0 Å². The van der Waals surface area contributed by atoms with Crippen molar-refractivity contribution in [3.63, 3.8) is 0 Å². The van der Waals surface area contributed by atoms with Gasteiger partial charge in [-0.2, -0.15) is 0 Å². The maximum atomic E-state index is 11.8. The molecule has 2 unspecified atom stereocenters. The number of rotatable bonds is 6. The van der Waals surface area contributed by atoms with Gasteiger partial charge in [0.25, 0.3) is 0 Å². The number of hydrogen-bond acceptors (Lipinski definition) is 2. The lowest BCUT2D eigenvalue weighted by Crippen LogP contribution is -2.42. The molecule has 1 rings (SSSR count). The molecule has 0 aromatic heterocycles. The Bertz CT molecular complexity index is 228. The van der Waals surface area contributed by atoms with Crippen LogP contribution in [-0.4, -0.2) is 24.5 Å². The number of amides is 1. The van der Waals surface area contributed by atoms with Crippen LogP contribution < -0.4 is 10.6 Å². The molecule has 0 aliphatic heterocycles. The zero-order chi connectivity index (χ0) is 12.7. The van der Waals surface area contributed by atoms with E-state index in [1.807, 2.05) is 0 Å². The molecule has 0 radical (unpaired) electrons. The van der Waals surface area contributed by atoms with Crippen molar-refractivity contribution in [1.82, 2.24) is 10.6 Å². The van der Waals surface area contributed by atoms with E-state index in [0.29, 0.717) is 24.4 Å². The Morgan fingerprint density at radius 2 is 2.00 bits per heavy atom. The maximum absolute atomic E-state index is 11.8. The lowest BCUT2D eigenvalue weighted by Gasteiger charge is -2.31. The first-order valence-corrected chi connectivity index (χ1v) is 7.16. The van der Waals surface area contributed by atoms with Gasteiger partial charge in [-0.15, -0.1) is 0 Å². The highest BCUT2D eigenvalue weighted by Gasteiger charge is 2.24.